The van der Waals surface area contributed by atoms with Crippen molar-refractivity contribution in [2.75, 3.05) is 17.7 Å². The molecule has 0 saturated heterocycles. The number of para-hydroxylation sites is 1. The fourth-order valence-electron chi connectivity index (χ4n) is 5.60. The quantitative estimate of drug-likeness (QED) is 0.0952. The van der Waals surface area contributed by atoms with Crippen molar-refractivity contribution >= 4 is 68.7 Å². The number of benzene rings is 5. The van der Waals surface area contributed by atoms with Gasteiger partial charge in [0.2, 0.25) is 5.91 Å². The van der Waals surface area contributed by atoms with E-state index in [0.29, 0.717) is 22.6 Å². The molecule has 246 valence electrons. The van der Waals surface area contributed by atoms with E-state index in [1.165, 1.54) is 17.3 Å². The van der Waals surface area contributed by atoms with Gasteiger partial charge in [0, 0.05) is 50.2 Å². The molecule has 5 aromatic carbocycles. The zero-order valence-electron chi connectivity index (χ0n) is 27.4. The van der Waals surface area contributed by atoms with Gasteiger partial charge in [-0.3, -0.25) is 14.4 Å². The van der Waals surface area contributed by atoms with Crippen LogP contribution in [-0.4, -0.2) is 34.6 Å². The first-order valence-electron chi connectivity index (χ1n) is 15.9. The minimum absolute atomic E-state index is 0.0835. The Bertz CT molecular complexity index is 2160. The van der Waals surface area contributed by atoms with E-state index in [2.05, 4.69) is 45.6 Å². The number of aryl methyl sites for hydroxylation is 1. The maximum atomic E-state index is 13.4. The number of nitrogens with zero attached hydrogens (tertiary/aromatic N) is 1. The number of hydrogen-bond acceptors (Lipinski definition) is 5. The molecule has 0 radical (unpaired) electrons. The number of aromatic nitrogens is 1. The number of rotatable bonds is 11. The molecule has 1 unspecified atom stereocenters. The van der Waals surface area contributed by atoms with Crippen molar-refractivity contribution in [3.05, 3.63) is 138 Å². The van der Waals surface area contributed by atoms with Gasteiger partial charge in [-0.15, -0.1) is 11.8 Å². The minimum atomic E-state index is -0.479. The molecule has 1 heterocycles. The number of nitrogens with one attached hydrogen (secondary N) is 3. The van der Waals surface area contributed by atoms with E-state index in [4.69, 9.17) is 4.74 Å². The molecule has 0 fully saturated rings. The molecule has 1 atom stereocenters. The van der Waals surface area contributed by atoms with Gasteiger partial charge in [0.1, 0.15) is 11.4 Å². The van der Waals surface area contributed by atoms with Crippen LogP contribution in [0.15, 0.2) is 132 Å². The third-order valence-electron chi connectivity index (χ3n) is 8.11. The molecule has 3 amide bonds. The molecular formula is C40H36N4O4S. The van der Waals surface area contributed by atoms with Gasteiger partial charge in [-0.1, -0.05) is 48.5 Å². The predicted molar refractivity (Wildman–Crippen MR) is 199 cm³/mol. The molecule has 6 aromatic rings. The van der Waals surface area contributed by atoms with Crippen molar-refractivity contribution in [1.82, 2.24) is 9.88 Å². The van der Waals surface area contributed by atoms with E-state index in [0.717, 1.165) is 33.4 Å². The monoisotopic (exact) mass is 668 g/mol. The number of ether oxygens (including phenoxy) is 1. The van der Waals surface area contributed by atoms with E-state index in [9.17, 15) is 14.4 Å². The summed E-state index contributed by atoms with van der Waals surface area (Å²) in [6.45, 7) is 4.85. The highest BCUT2D eigenvalue weighted by Crippen LogP contribution is 2.32. The number of carbonyl (C=O) groups excluding carboxylic acids is 3. The summed E-state index contributed by atoms with van der Waals surface area (Å²) in [4.78, 5) is 40.5. The van der Waals surface area contributed by atoms with E-state index in [-0.39, 0.29) is 16.9 Å². The fraction of sp³-hybridized carbons (Fsp3) is 0.125. The van der Waals surface area contributed by atoms with Crippen LogP contribution in [-0.2, 0) is 16.1 Å². The average molecular weight is 669 g/mol. The van der Waals surface area contributed by atoms with Crippen molar-refractivity contribution < 1.29 is 19.1 Å². The Labute approximate surface area is 289 Å². The largest absolute Gasteiger partial charge is 0.497 e. The molecule has 49 heavy (non-hydrogen) atoms. The van der Waals surface area contributed by atoms with Crippen molar-refractivity contribution in [3.8, 4) is 5.75 Å². The lowest BCUT2D eigenvalue weighted by Crippen LogP contribution is -2.30. The van der Waals surface area contributed by atoms with Crippen LogP contribution in [0.3, 0.4) is 0 Å². The Balaban J connectivity index is 1.11. The lowest BCUT2D eigenvalue weighted by atomic mass is 10.1. The van der Waals surface area contributed by atoms with Crippen molar-refractivity contribution in [3.63, 3.8) is 0 Å². The number of methoxy groups -OCH3 is 1. The van der Waals surface area contributed by atoms with Gasteiger partial charge in [-0.2, -0.15) is 0 Å². The Morgan fingerprint density at radius 2 is 1.45 bits per heavy atom. The summed E-state index contributed by atoms with van der Waals surface area (Å²) in [5.74, 6) is -0.308. The molecule has 0 bridgehead atoms. The van der Waals surface area contributed by atoms with E-state index in [1.54, 1.807) is 73.8 Å². The lowest BCUT2D eigenvalue weighted by molar-refractivity contribution is -0.115. The first-order valence-corrected chi connectivity index (χ1v) is 16.8. The molecular weight excluding hydrogens is 633 g/mol. The van der Waals surface area contributed by atoms with Crippen LogP contribution in [0.2, 0.25) is 0 Å². The standard InChI is InChI=1S/C40H36N4O4S/c1-4-44-36-13-9-8-12-33(36)34-25-30(18-23-37(34)44)42-38(45)26(2)49-32-21-16-29(17-22-32)41-40(47)35(24-27-14-19-31(48-3)20-15-27)43-39(46)28-10-6-5-7-11-28/h5-26H,4H2,1-3H3,(H,41,47)(H,42,45)(H,43,46)/b35-24-. The smallest absolute Gasteiger partial charge is 0.272 e. The van der Waals surface area contributed by atoms with Gasteiger partial charge in [0.25, 0.3) is 11.8 Å². The molecule has 8 nitrogen and oxygen atoms in total. The highest BCUT2D eigenvalue weighted by molar-refractivity contribution is 8.00. The second kappa shape index (κ2) is 15.0. The van der Waals surface area contributed by atoms with Crippen molar-refractivity contribution in [1.29, 1.82) is 0 Å². The molecule has 0 saturated carbocycles. The van der Waals surface area contributed by atoms with Crippen LogP contribution in [0.5, 0.6) is 5.75 Å². The Hall–Kier alpha value is -5.80. The van der Waals surface area contributed by atoms with Crippen LogP contribution >= 0.6 is 11.8 Å². The predicted octanol–water partition coefficient (Wildman–Crippen LogP) is 8.35. The van der Waals surface area contributed by atoms with Gasteiger partial charge in [-0.05, 0) is 98.3 Å². The van der Waals surface area contributed by atoms with E-state index >= 15 is 0 Å². The fourth-order valence-corrected chi connectivity index (χ4v) is 6.47. The van der Waals surface area contributed by atoms with Gasteiger partial charge in [0.05, 0.1) is 12.4 Å². The number of anilines is 2. The highest BCUT2D eigenvalue weighted by atomic mass is 32.2. The van der Waals surface area contributed by atoms with Crippen LogP contribution in [0, 0.1) is 0 Å². The summed E-state index contributed by atoms with van der Waals surface area (Å²) in [6, 6.07) is 37.5. The van der Waals surface area contributed by atoms with E-state index < -0.39 is 11.8 Å². The Kier molecular flexibility index (Phi) is 10.1. The third kappa shape index (κ3) is 7.69. The first kappa shape index (κ1) is 33.1. The Morgan fingerprint density at radius 1 is 0.776 bits per heavy atom. The van der Waals surface area contributed by atoms with Crippen molar-refractivity contribution in [2.45, 2.75) is 30.5 Å². The van der Waals surface area contributed by atoms with Crippen molar-refractivity contribution in [2.24, 2.45) is 0 Å². The molecule has 3 N–H and O–H groups in total. The number of carbonyl (C=O) groups is 3. The molecule has 0 aliphatic heterocycles. The van der Waals surface area contributed by atoms with E-state index in [1.807, 2.05) is 49.4 Å². The maximum absolute atomic E-state index is 13.4. The summed E-state index contributed by atoms with van der Waals surface area (Å²) in [5.41, 5.74) is 4.83. The zero-order chi connectivity index (χ0) is 34.3. The number of fused-ring (bicyclic) bond motifs is 3. The molecule has 0 aliphatic rings. The number of hydrogen-bond donors (Lipinski definition) is 3. The Morgan fingerprint density at radius 3 is 2.16 bits per heavy atom. The van der Waals surface area contributed by atoms with Gasteiger partial charge < -0.3 is 25.3 Å². The summed E-state index contributed by atoms with van der Waals surface area (Å²) in [7, 11) is 1.58. The lowest BCUT2D eigenvalue weighted by Gasteiger charge is -2.14. The zero-order valence-corrected chi connectivity index (χ0v) is 28.2. The molecule has 0 spiro atoms. The third-order valence-corrected chi connectivity index (χ3v) is 9.22. The summed E-state index contributed by atoms with van der Waals surface area (Å²) in [5, 5.41) is 10.6. The van der Waals surface area contributed by atoms with Gasteiger partial charge in [-0.25, -0.2) is 0 Å². The number of thioether (sulfide) groups is 1. The summed E-state index contributed by atoms with van der Waals surface area (Å²) >= 11 is 1.42. The minimum Gasteiger partial charge on any atom is -0.497 e. The summed E-state index contributed by atoms with van der Waals surface area (Å²) < 4.78 is 7.51. The van der Waals surface area contributed by atoms with Gasteiger partial charge >= 0.3 is 0 Å². The van der Waals surface area contributed by atoms with Crippen LogP contribution in [0.4, 0.5) is 11.4 Å². The maximum Gasteiger partial charge on any atom is 0.272 e. The van der Waals surface area contributed by atoms with Gasteiger partial charge in [0.15, 0.2) is 0 Å². The first-order chi connectivity index (χ1) is 23.8. The normalized spacial score (nSPS) is 12.0. The van der Waals surface area contributed by atoms with Crippen LogP contribution in [0.25, 0.3) is 27.9 Å². The molecule has 9 heteroatoms. The highest BCUT2D eigenvalue weighted by Gasteiger charge is 2.18. The molecule has 6 rings (SSSR count). The van der Waals surface area contributed by atoms with Crippen LogP contribution < -0.4 is 20.7 Å². The van der Waals surface area contributed by atoms with Crippen LogP contribution in [0.1, 0.15) is 29.8 Å². The number of amides is 3. The topological polar surface area (TPSA) is 101 Å². The SMILES string of the molecule is CCn1c2ccccc2c2cc(NC(=O)C(C)Sc3ccc(NC(=O)/C(=C/c4ccc(OC)cc4)NC(=O)c4ccccc4)cc3)ccc21. The second-order valence-corrected chi connectivity index (χ2v) is 12.8. The molecule has 1 aromatic heterocycles. The average Bonchev–Trinajstić information content (AvgIpc) is 3.45. The summed E-state index contributed by atoms with van der Waals surface area (Å²) in [6.07, 6.45) is 1.61. The second-order valence-electron chi connectivity index (χ2n) is 11.4. The molecule has 0 aliphatic carbocycles.